The van der Waals surface area contributed by atoms with Gasteiger partial charge in [-0.05, 0) is 29.6 Å². The van der Waals surface area contributed by atoms with Gasteiger partial charge in [0.15, 0.2) is 23.1 Å². The summed E-state index contributed by atoms with van der Waals surface area (Å²) in [6.45, 7) is 16.6. The minimum Gasteiger partial charge on any atom is -0.386 e. The summed E-state index contributed by atoms with van der Waals surface area (Å²) in [4.78, 5) is 50.8. The molecule has 2 fully saturated rings. The van der Waals surface area contributed by atoms with Gasteiger partial charge in [0, 0.05) is 63.3 Å². The lowest BCUT2D eigenvalue weighted by molar-refractivity contribution is -0.129. The Balaban J connectivity index is 1.90. The summed E-state index contributed by atoms with van der Waals surface area (Å²) in [5.74, 6) is 0.121. The molecule has 2 aliphatic rings. The van der Waals surface area contributed by atoms with Gasteiger partial charge in [0.25, 0.3) is 0 Å². The van der Waals surface area contributed by atoms with E-state index in [0.717, 1.165) is 17.8 Å². The van der Waals surface area contributed by atoms with Gasteiger partial charge in [-0.3, -0.25) is 19.2 Å². The molecule has 0 unspecified atom stereocenters. The van der Waals surface area contributed by atoms with Crippen molar-refractivity contribution in [3.05, 3.63) is 22.5 Å². The van der Waals surface area contributed by atoms with E-state index in [1.807, 2.05) is 34.6 Å². The molecule has 3 N–H and O–H groups in total. The number of ketones is 4. The molecular formula is C29H47N3O4. The van der Waals surface area contributed by atoms with Crippen LogP contribution in [0.4, 0.5) is 0 Å². The van der Waals surface area contributed by atoms with Crippen LogP contribution in [0.25, 0.3) is 0 Å². The van der Waals surface area contributed by atoms with E-state index in [9.17, 15) is 19.2 Å². The van der Waals surface area contributed by atoms with Gasteiger partial charge >= 0.3 is 0 Å². The van der Waals surface area contributed by atoms with Crippen LogP contribution in [0.5, 0.6) is 0 Å². The number of carbonyl (C=O) groups excluding carboxylic acids is 4. The third-order valence-electron chi connectivity index (χ3n) is 6.67. The van der Waals surface area contributed by atoms with E-state index in [1.165, 1.54) is 0 Å². The van der Waals surface area contributed by atoms with Crippen molar-refractivity contribution in [2.24, 2.45) is 16.7 Å². The van der Waals surface area contributed by atoms with Gasteiger partial charge in [-0.2, -0.15) is 0 Å². The highest BCUT2D eigenvalue weighted by Gasteiger charge is 2.38. The minimum atomic E-state index is -0.274. The first-order valence-electron chi connectivity index (χ1n) is 13.5. The predicted molar refractivity (Wildman–Crippen MR) is 143 cm³/mol. The Kier molecular flexibility index (Phi) is 10.6. The van der Waals surface area contributed by atoms with Crippen LogP contribution in [-0.4, -0.2) is 49.3 Å². The van der Waals surface area contributed by atoms with Gasteiger partial charge in [-0.25, -0.2) is 0 Å². The third kappa shape index (κ3) is 8.68. The molecule has 0 bridgehead atoms. The molecule has 0 aliphatic heterocycles. The highest BCUT2D eigenvalue weighted by Crippen LogP contribution is 2.36. The lowest BCUT2D eigenvalue weighted by Crippen LogP contribution is -2.37. The lowest BCUT2D eigenvalue weighted by atomic mass is 9.73. The standard InChI is InChI=1S/C29H47N3O4/c1-8-9-20(26-22(33)15-28(4,5)16-23(26)34)31-12-10-30-11-13-32-21(14-19(2)3)27-24(35)17-29(6,7)18-25(27)36/h19,30-32H,8-18H2,1-7H3. The molecule has 202 valence electrons. The Bertz CT molecular complexity index is 881. The van der Waals surface area contributed by atoms with Crippen LogP contribution in [0, 0.1) is 16.7 Å². The number of carbonyl (C=O) groups is 4. The molecule has 0 aromatic rings. The average Bonchev–Trinajstić information content (AvgIpc) is 2.69. The lowest BCUT2D eigenvalue weighted by Gasteiger charge is -2.30. The highest BCUT2D eigenvalue weighted by molar-refractivity contribution is 6.23. The van der Waals surface area contributed by atoms with Crippen molar-refractivity contribution in [2.45, 2.75) is 93.4 Å². The predicted octanol–water partition coefficient (Wildman–Crippen LogP) is 4.03. The maximum Gasteiger partial charge on any atom is 0.168 e. The largest absolute Gasteiger partial charge is 0.386 e. The third-order valence-corrected chi connectivity index (χ3v) is 6.67. The average molecular weight is 502 g/mol. The summed E-state index contributed by atoms with van der Waals surface area (Å²) in [5, 5.41) is 10.0. The first kappa shape index (κ1) is 29.9. The van der Waals surface area contributed by atoms with E-state index in [1.54, 1.807) is 0 Å². The monoisotopic (exact) mass is 501 g/mol. The zero-order valence-electron chi connectivity index (χ0n) is 23.5. The molecule has 0 heterocycles. The number of nitrogens with one attached hydrogen (secondary N) is 3. The molecule has 7 nitrogen and oxygen atoms in total. The van der Waals surface area contributed by atoms with Gasteiger partial charge < -0.3 is 16.0 Å². The summed E-state index contributed by atoms with van der Waals surface area (Å²) in [6, 6.07) is 0. The summed E-state index contributed by atoms with van der Waals surface area (Å²) in [5.41, 5.74) is 1.73. The topological polar surface area (TPSA) is 104 Å². The second-order valence-corrected chi connectivity index (χ2v) is 12.4. The summed E-state index contributed by atoms with van der Waals surface area (Å²) >= 11 is 0. The van der Waals surface area contributed by atoms with E-state index in [-0.39, 0.29) is 34.0 Å². The van der Waals surface area contributed by atoms with E-state index in [2.05, 4.69) is 29.8 Å². The zero-order chi connectivity index (χ0) is 27.1. The molecule has 0 radical (unpaired) electrons. The van der Waals surface area contributed by atoms with Crippen LogP contribution in [0.1, 0.15) is 93.4 Å². The van der Waals surface area contributed by atoms with Gasteiger partial charge in [0.2, 0.25) is 0 Å². The molecule has 7 heteroatoms. The van der Waals surface area contributed by atoms with Crippen molar-refractivity contribution in [2.75, 3.05) is 26.2 Å². The van der Waals surface area contributed by atoms with Crippen LogP contribution >= 0.6 is 0 Å². The van der Waals surface area contributed by atoms with Crippen molar-refractivity contribution in [1.82, 2.24) is 16.0 Å². The quantitative estimate of drug-likeness (QED) is 0.211. The fourth-order valence-corrected chi connectivity index (χ4v) is 5.15. The Morgan fingerprint density at radius 2 is 1.08 bits per heavy atom. The second-order valence-electron chi connectivity index (χ2n) is 12.4. The number of allylic oxidation sites excluding steroid dienone is 4. The molecule has 0 aromatic carbocycles. The van der Waals surface area contributed by atoms with E-state index in [0.29, 0.717) is 81.8 Å². The van der Waals surface area contributed by atoms with Crippen molar-refractivity contribution in [3.63, 3.8) is 0 Å². The van der Waals surface area contributed by atoms with Gasteiger partial charge in [-0.1, -0.05) is 54.9 Å². The number of rotatable bonds is 12. The highest BCUT2D eigenvalue weighted by atomic mass is 16.2. The Morgan fingerprint density at radius 3 is 1.47 bits per heavy atom. The number of hydrogen-bond donors (Lipinski definition) is 3. The van der Waals surface area contributed by atoms with Crippen LogP contribution < -0.4 is 16.0 Å². The molecule has 0 amide bonds. The fourth-order valence-electron chi connectivity index (χ4n) is 5.15. The number of hydrogen-bond acceptors (Lipinski definition) is 7. The van der Waals surface area contributed by atoms with Crippen LogP contribution in [0.3, 0.4) is 0 Å². The Morgan fingerprint density at radius 1 is 0.694 bits per heavy atom. The van der Waals surface area contributed by atoms with Crippen molar-refractivity contribution < 1.29 is 19.2 Å². The Labute approximate surface area is 217 Å². The summed E-state index contributed by atoms with van der Waals surface area (Å²) in [6.07, 6.45) is 3.82. The molecular weight excluding hydrogens is 454 g/mol. The molecule has 2 aliphatic carbocycles. The van der Waals surface area contributed by atoms with Gasteiger partial charge in [0.05, 0.1) is 11.1 Å². The summed E-state index contributed by atoms with van der Waals surface area (Å²) in [7, 11) is 0. The molecule has 0 spiro atoms. The van der Waals surface area contributed by atoms with E-state index < -0.39 is 0 Å². The molecule has 0 aromatic heterocycles. The van der Waals surface area contributed by atoms with E-state index >= 15 is 0 Å². The minimum absolute atomic E-state index is 0.0507. The molecule has 2 saturated carbocycles. The second kappa shape index (κ2) is 12.8. The van der Waals surface area contributed by atoms with Crippen LogP contribution in [-0.2, 0) is 19.2 Å². The normalized spacial score (nSPS) is 19.7. The smallest absolute Gasteiger partial charge is 0.168 e. The molecule has 0 saturated heterocycles. The fraction of sp³-hybridized carbons (Fsp3) is 0.724. The summed E-state index contributed by atoms with van der Waals surface area (Å²) < 4.78 is 0. The van der Waals surface area contributed by atoms with Crippen molar-refractivity contribution >= 4 is 23.1 Å². The first-order valence-corrected chi connectivity index (χ1v) is 13.5. The van der Waals surface area contributed by atoms with Gasteiger partial charge in [-0.15, -0.1) is 0 Å². The SMILES string of the molecule is CCCC(NCCNCCNC(CC(C)C)=C1C(=O)CC(C)(C)CC1=O)=C1C(=O)CC(C)(C)CC1=O. The zero-order valence-corrected chi connectivity index (χ0v) is 23.5. The van der Waals surface area contributed by atoms with Crippen LogP contribution in [0.2, 0.25) is 0 Å². The van der Waals surface area contributed by atoms with Crippen molar-refractivity contribution in [1.29, 1.82) is 0 Å². The van der Waals surface area contributed by atoms with Crippen molar-refractivity contribution in [3.8, 4) is 0 Å². The maximum atomic E-state index is 12.8. The number of Topliss-reactive ketones (excluding diaryl/α,β-unsaturated/α-hetero) is 4. The Hall–Kier alpha value is -2.28. The molecule has 2 rings (SSSR count). The van der Waals surface area contributed by atoms with Crippen LogP contribution in [0.15, 0.2) is 22.5 Å². The van der Waals surface area contributed by atoms with E-state index in [4.69, 9.17) is 0 Å². The first-order chi connectivity index (χ1) is 16.8. The molecule has 0 atom stereocenters. The maximum absolute atomic E-state index is 12.8. The van der Waals surface area contributed by atoms with Gasteiger partial charge in [0.1, 0.15) is 0 Å². The molecule has 36 heavy (non-hydrogen) atoms.